The summed E-state index contributed by atoms with van der Waals surface area (Å²) in [6, 6.07) is 11.3. The van der Waals surface area contributed by atoms with Crippen LogP contribution in [0.15, 0.2) is 48.8 Å². The minimum atomic E-state index is -0.177. The van der Waals surface area contributed by atoms with E-state index in [1.54, 1.807) is 12.1 Å². The average molecular weight is 324 g/mol. The van der Waals surface area contributed by atoms with Crippen LogP contribution in [0.4, 0.5) is 4.39 Å². The first-order chi connectivity index (χ1) is 11.7. The van der Waals surface area contributed by atoms with Crippen molar-refractivity contribution in [3.05, 3.63) is 71.4 Å². The summed E-state index contributed by atoms with van der Waals surface area (Å²) >= 11 is 0. The molecule has 4 rings (SSSR count). The Labute approximate surface area is 140 Å². The molecule has 1 aliphatic rings. The van der Waals surface area contributed by atoms with Crippen LogP contribution in [0.25, 0.3) is 5.65 Å². The van der Waals surface area contributed by atoms with E-state index in [2.05, 4.69) is 44.9 Å². The third kappa shape index (κ3) is 2.92. The van der Waals surface area contributed by atoms with Gasteiger partial charge in [-0.05, 0) is 42.3 Å². The molecule has 0 aliphatic carbocycles. The molecule has 2 aromatic heterocycles. The zero-order valence-electron chi connectivity index (χ0n) is 13.7. The zero-order valence-corrected chi connectivity index (χ0v) is 13.7. The van der Waals surface area contributed by atoms with E-state index in [4.69, 9.17) is 0 Å². The van der Waals surface area contributed by atoms with Crippen LogP contribution in [0, 0.1) is 12.7 Å². The monoisotopic (exact) mass is 324 g/mol. The maximum absolute atomic E-state index is 13.6. The molecule has 4 nitrogen and oxygen atoms in total. The first kappa shape index (κ1) is 15.3. The number of rotatable bonds is 3. The number of nitrogens with zero attached hydrogens (tertiary/aromatic N) is 3. The fourth-order valence-corrected chi connectivity index (χ4v) is 3.44. The lowest BCUT2D eigenvalue weighted by Gasteiger charge is -2.36. The molecule has 5 heteroatoms. The number of imidazole rings is 1. The molecule has 1 unspecified atom stereocenters. The van der Waals surface area contributed by atoms with Gasteiger partial charge in [-0.3, -0.25) is 4.90 Å². The number of piperazine rings is 1. The van der Waals surface area contributed by atoms with Gasteiger partial charge in [0.05, 0.1) is 11.9 Å². The summed E-state index contributed by atoms with van der Waals surface area (Å²) in [7, 11) is 0. The molecule has 1 N–H and O–H groups in total. The fraction of sp³-hybridized carbons (Fsp3) is 0.316. The summed E-state index contributed by atoms with van der Waals surface area (Å²) in [6.07, 6.45) is 4.02. The number of fused-ring (bicyclic) bond motifs is 1. The lowest BCUT2D eigenvalue weighted by Crippen LogP contribution is -2.45. The van der Waals surface area contributed by atoms with Crippen molar-refractivity contribution >= 4 is 5.65 Å². The molecule has 0 spiro atoms. The van der Waals surface area contributed by atoms with Crippen LogP contribution in [0.5, 0.6) is 0 Å². The fourth-order valence-electron chi connectivity index (χ4n) is 3.44. The Morgan fingerprint density at radius 3 is 3.08 bits per heavy atom. The molecule has 1 aromatic carbocycles. The summed E-state index contributed by atoms with van der Waals surface area (Å²) < 4.78 is 15.8. The molecule has 1 aliphatic heterocycles. The lowest BCUT2D eigenvalue weighted by molar-refractivity contribution is 0.151. The van der Waals surface area contributed by atoms with Gasteiger partial charge in [0.1, 0.15) is 11.5 Å². The van der Waals surface area contributed by atoms with E-state index in [1.165, 1.54) is 11.6 Å². The summed E-state index contributed by atoms with van der Waals surface area (Å²) in [6.45, 7) is 5.58. The molecular weight excluding hydrogens is 303 g/mol. The molecular formula is C19H21FN4. The molecule has 3 aromatic rings. The predicted molar refractivity (Wildman–Crippen MR) is 92.3 cm³/mol. The third-order valence-electron chi connectivity index (χ3n) is 4.70. The molecule has 24 heavy (non-hydrogen) atoms. The molecule has 0 radical (unpaired) electrons. The normalized spacial score (nSPS) is 19.0. The molecule has 0 saturated carbocycles. The minimum absolute atomic E-state index is 0.172. The van der Waals surface area contributed by atoms with Gasteiger partial charge in [-0.25, -0.2) is 9.37 Å². The molecule has 0 bridgehead atoms. The quantitative estimate of drug-likeness (QED) is 0.804. The summed E-state index contributed by atoms with van der Waals surface area (Å²) in [5.74, 6) is -0.177. The predicted octanol–water partition coefficient (Wildman–Crippen LogP) is 2.93. The van der Waals surface area contributed by atoms with Crippen molar-refractivity contribution in [2.24, 2.45) is 0 Å². The van der Waals surface area contributed by atoms with Gasteiger partial charge in [0, 0.05) is 38.4 Å². The first-order valence-corrected chi connectivity index (χ1v) is 8.33. The minimum Gasteiger partial charge on any atom is -0.314 e. The Kier molecular flexibility index (Phi) is 4.04. The number of nitrogens with one attached hydrogen (secondary N) is 1. The molecule has 1 saturated heterocycles. The lowest BCUT2D eigenvalue weighted by atomic mass is 10.0. The standard InChI is InChI=1S/C19H21FN4/c1-14-5-7-24-17(11-22-19(24)9-14)13-23-8-6-21-12-18(23)15-3-2-4-16(20)10-15/h2-5,7,9-11,18,21H,6,8,12-13H2,1H3. The van der Waals surface area contributed by atoms with Crippen molar-refractivity contribution in [3.63, 3.8) is 0 Å². The van der Waals surface area contributed by atoms with Gasteiger partial charge in [-0.2, -0.15) is 0 Å². The van der Waals surface area contributed by atoms with E-state index < -0.39 is 0 Å². The number of hydrogen-bond donors (Lipinski definition) is 1. The second-order valence-corrected chi connectivity index (χ2v) is 6.43. The van der Waals surface area contributed by atoms with Gasteiger partial charge >= 0.3 is 0 Å². The summed E-state index contributed by atoms with van der Waals surface area (Å²) in [5.41, 5.74) is 4.36. The Morgan fingerprint density at radius 1 is 1.29 bits per heavy atom. The van der Waals surface area contributed by atoms with Crippen molar-refractivity contribution in [1.29, 1.82) is 0 Å². The van der Waals surface area contributed by atoms with E-state index in [0.717, 1.165) is 43.1 Å². The number of halogens is 1. The Morgan fingerprint density at radius 2 is 2.21 bits per heavy atom. The van der Waals surface area contributed by atoms with Gasteiger partial charge in [0.2, 0.25) is 0 Å². The van der Waals surface area contributed by atoms with Crippen molar-refractivity contribution in [2.75, 3.05) is 19.6 Å². The number of benzene rings is 1. The van der Waals surface area contributed by atoms with E-state index in [9.17, 15) is 4.39 Å². The first-order valence-electron chi connectivity index (χ1n) is 8.33. The van der Waals surface area contributed by atoms with E-state index in [-0.39, 0.29) is 11.9 Å². The highest BCUT2D eigenvalue weighted by Gasteiger charge is 2.25. The molecule has 1 fully saturated rings. The van der Waals surface area contributed by atoms with Crippen LogP contribution < -0.4 is 5.32 Å². The van der Waals surface area contributed by atoms with Crippen LogP contribution in [-0.2, 0) is 6.54 Å². The Hall–Kier alpha value is -2.24. The topological polar surface area (TPSA) is 32.6 Å². The van der Waals surface area contributed by atoms with Crippen LogP contribution in [0.1, 0.15) is 22.9 Å². The summed E-state index contributed by atoms with van der Waals surface area (Å²) in [5, 5.41) is 3.42. The summed E-state index contributed by atoms with van der Waals surface area (Å²) in [4.78, 5) is 6.91. The molecule has 1 atom stereocenters. The van der Waals surface area contributed by atoms with Crippen LogP contribution in [0.3, 0.4) is 0 Å². The van der Waals surface area contributed by atoms with E-state index >= 15 is 0 Å². The number of pyridine rings is 1. The van der Waals surface area contributed by atoms with Gasteiger partial charge < -0.3 is 9.72 Å². The zero-order chi connectivity index (χ0) is 16.5. The molecule has 0 amide bonds. The second-order valence-electron chi connectivity index (χ2n) is 6.43. The highest BCUT2D eigenvalue weighted by atomic mass is 19.1. The van der Waals surface area contributed by atoms with Crippen LogP contribution in [0.2, 0.25) is 0 Å². The Bertz CT molecular complexity index is 857. The second kappa shape index (κ2) is 6.34. The average Bonchev–Trinajstić information content (AvgIpc) is 2.97. The van der Waals surface area contributed by atoms with Gasteiger partial charge in [-0.1, -0.05) is 12.1 Å². The van der Waals surface area contributed by atoms with Crippen molar-refractivity contribution in [3.8, 4) is 0 Å². The highest BCUT2D eigenvalue weighted by Crippen LogP contribution is 2.25. The van der Waals surface area contributed by atoms with Gasteiger partial charge in [-0.15, -0.1) is 0 Å². The number of aryl methyl sites for hydroxylation is 1. The van der Waals surface area contributed by atoms with Crippen LogP contribution >= 0.6 is 0 Å². The number of aromatic nitrogens is 2. The Balaban J connectivity index is 1.63. The van der Waals surface area contributed by atoms with Crippen molar-refractivity contribution < 1.29 is 4.39 Å². The van der Waals surface area contributed by atoms with E-state index in [0.29, 0.717) is 0 Å². The third-order valence-corrected chi connectivity index (χ3v) is 4.70. The van der Waals surface area contributed by atoms with Gasteiger partial charge in [0.25, 0.3) is 0 Å². The maximum atomic E-state index is 13.6. The maximum Gasteiger partial charge on any atom is 0.137 e. The van der Waals surface area contributed by atoms with Crippen molar-refractivity contribution in [2.45, 2.75) is 19.5 Å². The van der Waals surface area contributed by atoms with Gasteiger partial charge in [0.15, 0.2) is 0 Å². The molecule has 124 valence electrons. The van der Waals surface area contributed by atoms with Crippen molar-refractivity contribution in [1.82, 2.24) is 19.6 Å². The number of hydrogen-bond acceptors (Lipinski definition) is 3. The molecule has 3 heterocycles. The smallest absolute Gasteiger partial charge is 0.137 e. The SMILES string of the molecule is Cc1ccn2c(CN3CCNCC3c3cccc(F)c3)cnc2c1. The highest BCUT2D eigenvalue weighted by molar-refractivity contribution is 5.43. The van der Waals surface area contributed by atoms with Crippen LogP contribution in [-0.4, -0.2) is 33.9 Å². The van der Waals surface area contributed by atoms with E-state index in [1.807, 2.05) is 12.3 Å². The largest absolute Gasteiger partial charge is 0.314 e.